The summed E-state index contributed by atoms with van der Waals surface area (Å²) in [6.07, 6.45) is 0.498. The van der Waals surface area contributed by atoms with Gasteiger partial charge in [-0.05, 0) is 17.5 Å². The minimum absolute atomic E-state index is 0.120. The van der Waals surface area contributed by atoms with E-state index in [0.717, 1.165) is 24.1 Å². The van der Waals surface area contributed by atoms with Crippen molar-refractivity contribution >= 4 is 11.8 Å². The second-order valence-corrected chi connectivity index (χ2v) is 5.25. The molecule has 0 N–H and O–H groups in total. The summed E-state index contributed by atoms with van der Waals surface area (Å²) < 4.78 is 5.09. The van der Waals surface area contributed by atoms with Crippen LogP contribution in [0.25, 0.3) is 0 Å². The lowest BCUT2D eigenvalue weighted by molar-refractivity contribution is -0.385. The molecule has 0 aromatic heterocycles. The molecular weight excluding hydrogens is 274 g/mol. The maximum absolute atomic E-state index is 11.3. The number of nitro benzene ring substituents is 1. The van der Waals surface area contributed by atoms with Crippen LogP contribution in [-0.4, -0.2) is 54.6 Å². The number of nitrogens with zero attached hydrogens (tertiary/aromatic N) is 3. The van der Waals surface area contributed by atoms with Crippen LogP contribution in [0.5, 0.6) is 0 Å². The van der Waals surface area contributed by atoms with Gasteiger partial charge in [0.2, 0.25) is 0 Å². The van der Waals surface area contributed by atoms with E-state index >= 15 is 0 Å². The number of benzene rings is 1. The largest absolute Gasteiger partial charge is 0.448 e. The van der Waals surface area contributed by atoms with Crippen LogP contribution in [0.1, 0.15) is 11.1 Å². The van der Waals surface area contributed by atoms with Crippen molar-refractivity contribution in [1.82, 2.24) is 9.80 Å². The molecule has 7 heteroatoms. The first-order chi connectivity index (χ1) is 9.97. The Morgan fingerprint density at radius 3 is 2.86 bits per heavy atom. The minimum atomic E-state index is -0.377. The number of non-ortho nitro benzene ring substituents is 1. The lowest BCUT2D eigenvalue weighted by Gasteiger charge is -2.28. The molecular formula is C14H19N3O4. The van der Waals surface area contributed by atoms with Gasteiger partial charge in [0.25, 0.3) is 5.69 Å². The Kier molecular flexibility index (Phi) is 4.74. The van der Waals surface area contributed by atoms with Crippen molar-refractivity contribution in [3.8, 4) is 0 Å². The molecule has 0 saturated heterocycles. The summed E-state index contributed by atoms with van der Waals surface area (Å²) in [5, 5.41) is 10.8. The van der Waals surface area contributed by atoms with Gasteiger partial charge in [0.15, 0.2) is 0 Å². The Balaban J connectivity index is 1.91. The van der Waals surface area contributed by atoms with E-state index < -0.39 is 0 Å². The van der Waals surface area contributed by atoms with Crippen molar-refractivity contribution in [2.45, 2.75) is 13.0 Å². The molecule has 0 fully saturated rings. The molecule has 0 unspecified atom stereocenters. The van der Waals surface area contributed by atoms with Crippen molar-refractivity contribution in [2.75, 3.05) is 33.8 Å². The fourth-order valence-electron chi connectivity index (χ4n) is 2.30. The van der Waals surface area contributed by atoms with Crippen LogP contribution in [0, 0.1) is 10.1 Å². The van der Waals surface area contributed by atoms with Gasteiger partial charge in [0.05, 0.1) is 4.92 Å². The molecule has 2 rings (SSSR count). The fourth-order valence-corrected chi connectivity index (χ4v) is 2.30. The summed E-state index contributed by atoms with van der Waals surface area (Å²) >= 11 is 0. The predicted molar refractivity (Wildman–Crippen MR) is 77.1 cm³/mol. The van der Waals surface area contributed by atoms with Crippen molar-refractivity contribution < 1.29 is 14.5 Å². The molecule has 114 valence electrons. The Morgan fingerprint density at radius 1 is 1.43 bits per heavy atom. The van der Waals surface area contributed by atoms with Gasteiger partial charge in [0.1, 0.15) is 6.61 Å². The summed E-state index contributed by atoms with van der Waals surface area (Å²) in [6.45, 7) is 2.46. The maximum Gasteiger partial charge on any atom is 0.409 e. The van der Waals surface area contributed by atoms with E-state index in [4.69, 9.17) is 4.74 Å². The molecule has 1 aliphatic heterocycles. The van der Waals surface area contributed by atoms with E-state index in [1.165, 1.54) is 4.90 Å². The molecule has 0 aliphatic carbocycles. The van der Waals surface area contributed by atoms with E-state index in [1.54, 1.807) is 26.2 Å². The highest BCUT2D eigenvalue weighted by Crippen LogP contribution is 2.23. The van der Waals surface area contributed by atoms with Gasteiger partial charge in [0, 0.05) is 45.9 Å². The highest BCUT2D eigenvalue weighted by atomic mass is 16.6. The molecule has 1 heterocycles. The average Bonchev–Trinajstić information content (AvgIpc) is 2.46. The summed E-state index contributed by atoms with van der Waals surface area (Å²) in [5.74, 6) is 0. The van der Waals surface area contributed by atoms with Gasteiger partial charge in [-0.3, -0.25) is 15.0 Å². The first-order valence-electron chi connectivity index (χ1n) is 6.80. The third kappa shape index (κ3) is 3.91. The molecule has 21 heavy (non-hydrogen) atoms. The smallest absolute Gasteiger partial charge is 0.409 e. The van der Waals surface area contributed by atoms with Crippen LogP contribution >= 0.6 is 0 Å². The van der Waals surface area contributed by atoms with E-state index in [0.29, 0.717) is 19.7 Å². The van der Waals surface area contributed by atoms with Gasteiger partial charge in [-0.15, -0.1) is 0 Å². The topological polar surface area (TPSA) is 75.9 Å². The summed E-state index contributed by atoms with van der Waals surface area (Å²) in [4.78, 5) is 25.3. The molecule has 1 amide bonds. The van der Waals surface area contributed by atoms with Crippen LogP contribution < -0.4 is 0 Å². The molecule has 7 nitrogen and oxygen atoms in total. The van der Waals surface area contributed by atoms with Crippen molar-refractivity contribution in [2.24, 2.45) is 0 Å². The second kappa shape index (κ2) is 6.53. The second-order valence-electron chi connectivity index (χ2n) is 5.25. The van der Waals surface area contributed by atoms with Crippen molar-refractivity contribution in [1.29, 1.82) is 0 Å². The van der Waals surface area contributed by atoms with E-state index in [9.17, 15) is 14.9 Å². The Hall–Kier alpha value is -2.15. The molecule has 0 bridgehead atoms. The van der Waals surface area contributed by atoms with Crippen LogP contribution in [0.3, 0.4) is 0 Å². The van der Waals surface area contributed by atoms with Gasteiger partial charge >= 0.3 is 6.09 Å². The number of carbonyl (C=O) groups excluding carboxylic acids is 1. The fraction of sp³-hybridized carbons (Fsp3) is 0.500. The van der Waals surface area contributed by atoms with Crippen LogP contribution in [-0.2, 0) is 17.7 Å². The molecule has 0 atom stereocenters. The van der Waals surface area contributed by atoms with Crippen molar-refractivity contribution in [3.63, 3.8) is 0 Å². The van der Waals surface area contributed by atoms with Crippen LogP contribution in [0.2, 0.25) is 0 Å². The molecule has 0 spiro atoms. The van der Waals surface area contributed by atoms with Gasteiger partial charge in [-0.2, -0.15) is 0 Å². The van der Waals surface area contributed by atoms with Crippen molar-refractivity contribution in [3.05, 3.63) is 39.4 Å². The quantitative estimate of drug-likeness (QED) is 0.623. The summed E-state index contributed by atoms with van der Waals surface area (Å²) in [6, 6.07) is 5.01. The first kappa shape index (κ1) is 15.2. The summed E-state index contributed by atoms with van der Waals surface area (Å²) in [5.41, 5.74) is 2.26. The highest BCUT2D eigenvalue weighted by Gasteiger charge is 2.19. The predicted octanol–water partition coefficient (Wildman–Crippen LogP) is 1.65. The minimum Gasteiger partial charge on any atom is -0.448 e. The molecule has 1 aromatic carbocycles. The molecule has 1 aliphatic rings. The molecule has 0 saturated carbocycles. The standard InChI is InChI=1S/C14H19N3O4/c1-15(2)14(18)21-8-7-16-6-5-11-3-4-13(17(19)20)9-12(11)10-16/h3-4,9H,5-8,10H2,1-2H3. The number of fused-ring (bicyclic) bond motifs is 1. The summed E-state index contributed by atoms with van der Waals surface area (Å²) in [7, 11) is 3.28. The number of rotatable bonds is 4. The van der Waals surface area contributed by atoms with Gasteiger partial charge in [-0.25, -0.2) is 4.79 Å². The number of hydrogen-bond donors (Lipinski definition) is 0. The first-order valence-corrected chi connectivity index (χ1v) is 6.80. The SMILES string of the molecule is CN(C)C(=O)OCCN1CCc2ccc([N+](=O)[O-])cc2C1. The average molecular weight is 293 g/mol. The van der Waals surface area contributed by atoms with Crippen LogP contribution in [0.15, 0.2) is 18.2 Å². The zero-order chi connectivity index (χ0) is 15.4. The third-order valence-electron chi connectivity index (χ3n) is 3.49. The zero-order valence-electron chi connectivity index (χ0n) is 12.2. The number of hydrogen-bond acceptors (Lipinski definition) is 5. The van der Waals surface area contributed by atoms with Gasteiger partial charge in [-0.1, -0.05) is 6.07 Å². The Labute approximate surface area is 123 Å². The van der Waals surface area contributed by atoms with E-state index in [1.807, 2.05) is 6.07 Å². The molecule has 0 radical (unpaired) electrons. The number of nitro groups is 1. The Bertz CT molecular complexity index is 545. The monoisotopic (exact) mass is 293 g/mol. The van der Waals surface area contributed by atoms with E-state index in [2.05, 4.69) is 4.90 Å². The number of carbonyl (C=O) groups is 1. The normalized spacial score (nSPS) is 14.4. The number of amides is 1. The third-order valence-corrected chi connectivity index (χ3v) is 3.49. The lowest BCUT2D eigenvalue weighted by atomic mass is 9.99. The maximum atomic E-state index is 11.3. The Morgan fingerprint density at radius 2 is 2.19 bits per heavy atom. The zero-order valence-corrected chi connectivity index (χ0v) is 12.2. The molecule has 1 aromatic rings. The highest BCUT2D eigenvalue weighted by molar-refractivity contribution is 5.66. The number of ether oxygens (including phenoxy) is 1. The van der Waals surface area contributed by atoms with Gasteiger partial charge < -0.3 is 9.64 Å². The lowest BCUT2D eigenvalue weighted by Crippen LogP contribution is -2.34. The van der Waals surface area contributed by atoms with Crippen LogP contribution in [0.4, 0.5) is 10.5 Å². The van der Waals surface area contributed by atoms with E-state index in [-0.39, 0.29) is 16.7 Å².